The molecule has 0 spiro atoms. The van der Waals surface area contributed by atoms with E-state index in [1.54, 1.807) is 0 Å². The fourth-order valence-corrected chi connectivity index (χ4v) is 3.62. The number of nitrogens with one attached hydrogen (secondary N) is 1. The van der Waals surface area contributed by atoms with Crippen molar-refractivity contribution in [2.75, 3.05) is 15.9 Å². The first kappa shape index (κ1) is 21.6. The SMILES string of the molecule is CC(C(=O)Nc1ccc(F)cc1F)N(c1cccc(C(F)(F)F)c1)S(C)(=O)=O. The fraction of sp³-hybridized carbons (Fsp3) is 0.235. The van der Waals surface area contributed by atoms with Crippen LogP contribution < -0.4 is 9.62 Å². The van der Waals surface area contributed by atoms with Crippen LogP contribution in [0.1, 0.15) is 12.5 Å². The second-order valence-corrected chi connectivity index (χ2v) is 7.76. The van der Waals surface area contributed by atoms with Crippen molar-refractivity contribution in [3.8, 4) is 0 Å². The topological polar surface area (TPSA) is 66.5 Å². The molecule has 0 saturated heterocycles. The van der Waals surface area contributed by atoms with Gasteiger partial charge in [0.25, 0.3) is 0 Å². The number of rotatable bonds is 5. The summed E-state index contributed by atoms with van der Waals surface area (Å²) in [4.78, 5) is 12.4. The molecular formula is C17H15F5N2O3S. The Labute approximate surface area is 157 Å². The third-order valence-electron chi connectivity index (χ3n) is 3.71. The third kappa shape index (κ3) is 4.97. The molecule has 0 fully saturated rings. The molecule has 1 atom stereocenters. The highest BCUT2D eigenvalue weighted by Gasteiger charge is 2.34. The van der Waals surface area contributed by atoms with E-state index in [0.717, 1.165) is 43.5 Å². The summed E-state index contributed by atoms with van der Waals surface area (Å²) in [5, 5.41) is 2.10. The Morgan fingerprint density at radius 1 is 1.11 bits per heavy atom. The Morgan fingerprint density at radius 3 is 2.29 bits per heavy atom. The molecule has 5 nitrogen and oxygen atoms in total. The van der Waals surface area contributed by atoms with Crippen LogP contribution in [0.15, 0.2) is 42.5 Å². The molecule has 0 aliphatic carbocycles. The third-order valence-corrected chi connectivity index (χ3v) is 4.95. The molecule has 0 aliphatic rings. The van der Waals surface area contributed by atoms with Gasteiger partial charge in [0, 0.05) is 6.07 Å². The molecular weight excluding hydrogens is 407 g/mol. The normalized spacial score (nSPS) is 13.1. The van der Waals surface area contributed by atoms with Crippen LogP contribution in [-0.2, 0) is 21.0 Å². The smallest absolute Gasteiger partial charge is 0.322 e. The highest BCUT2D eigenvalue weighted by Crippen LogP contribution is 2.33. The maximum atomic E-state index is 13.7. The number of hydrogen-bond donors (Lipinski definition) is 1. The van der Waals surface area contributed by atoms with Gasteiger partial charge in [-0.3, -0.25) is 9.10 Å². The predicted octanol–water partition coefficient (Wildman–Crippen LogP) is 3.78. The van der Waals surface area contributed by atoms with Crippen LogP contribution in [0.4, 0.5) is 33.3 Å². The van der Waals surface area contributed by atoms with Gasteiger partial charge in [-0.1, -0.05) is 6.07 Å². The molecule has 2 rings (SSSR count). The van der Waals surface area contributed by atoms with Gasteiger partial charge in [0.15, 0.2) is 0 Å². The number of nitrogens with zero attached hydrogens (tertiary/aromatic N) is 1. The van der Waals surface area contributed by atoms with Gasteiger partial charge in [-0.25, -0.2) is 17.2 Å². The Kier molecular flexibility index (Phi) is 5.97. The van der Waals surface area contributed by atoms with Crippen molar-refractivity contribution in [3.63, 3.8) is 0 Å². The average Bonchev–Trinajstić information content (AvgIpc) is 2.55. The van der Waals surface area contributed by atoms with E-state index in [2.05, 4.69) is 5.32 Å². The molecule has 2 aromatic carbocycles. The highest BCUT2D eigenvalue weighted by molar-refractivity contribution is 7.92. The van der Waals surface area contributed by atoms with E-state index in [0.29, 0.717) is 16.4 Å². The average molecular weight is 422 g/mol. The molecule has 0 aliphatic heterocycles. The monoisotopic (exact) mass is 422 g/mol. The summed E-state index contributed by atoms with van der Waals surface area (Å²) in [6.07, 6.45) is -4.00. The predicted molar refractivity (Wildman–Crippen MR) is 93.2 cm³/mol. The van der Waals surface area contributed by atoms with Crippen LogP contribution >= 0.6 is 0 Å². The lowest BCUT2D eigenvalue weighted by atomic mass is 10.1. The number of alkyl halides is 3. The zero-order valence-electron chi connectivity index (χ0n) is 14.6. The van der Waals surface area contributed by atoms with Crippen LogP contribution in [0.5, 0.6) is 0 Å². The van der Waals surface area contributed by atoms with Crippen LogP contribution in [0.25, 0.3) is 0 Å². The van der Waals surface area contributed by atoms with E-state index in [1.807, 2.05) is 0 Å². The molecule has 0 aromatic heterocycles. The molecule has 2 aromatic rings. The molecule has 0 radical (unpaired) electrons. The van der Waals surface area contributed by atoms with Crippen LogP contribution in [0, 0.1) is 11.6 Å². The van der Waals surface area contributed by atoms with Crippen molar-refractivity contribution in [1.82, 2.24) is 0 Å². The number of carbonyl (C=O) groups is 1. The summed E-state index contributed by atoms with van der Waals surface area (Å²) in [5.41, 5.74) is -1.90. The number of carbonyl (C=O) groups excluding carboxylic acids is 1. The van der Waals surface area contributed by atoms with Gasteiger partial charge in [0.05, 0.1) is 23.2 Å². The quantitative estimate of drug-likeness (QED) is 0.746. The lowest BCUT2D eigenvalue weighted by molar-refractivity contribution is -0.137. The molecule has 1 amide bonds. The fourth-order valence-electron chi connectivity index (χ4n) is 2.46. The van der Waals surface area contributed by atoms with Crippen LogP contribution in [-0.4, -0.2) is 26.6 Å². The summed E-state index contributed by atoms with van der Waals surface area (Å²) in [5.74, 6) is -3.00. The highest BCUT2D eigenvalue weighted by atomic mass is 32.2. The first-order valence-corrected chi connectivity index (χ1v) is 9.58. The summed E-state index contributed by atoms with van der Waals surface area (Å²) >= 11 is 0. The van der Waals surface area contributed by atoms with Crippen molar-refractivity contribution in [2.45, 2.75) is 19.1 Å². The van der Waals surface area contributed by atoms with Crippen molar-refractivity contribution in [2.24, 2.45) is 0 Å². The van der Waals surface area contributed by atoms with E-state index in [4.69, 9.17) is 0 Å². The van der Waals surface area contributed by atoms with E-state index in [1.165, 1.54) is 0 Å². The Hall–Kier alpha value is -2.69. The Bertz CT molecular complexity index is 993. The Balaban J connectivity index is 2.39. The number of anilines is 2. The van der Waals surface area contributed by atoms with Crippen molar-refractivity contribution in [1.29, 1.82) is 0 Å². The zero-order chi connectivity index (χ0) is 21.3. The minimum absolute atomic E-state index is 0.389. The number of amides is 1. The van der Waals surface area contributed by atoms with Crippen molar-refractivity contribution < 1.29 is 35.2 Å². The van der Waals surface area contributed by atoms with Gasteiger partial charge >= 0.3 is 6.18 Å². The number of benzene rings is 2. The van der Waals surface area contributed by atoms with E-state index >= 15 is 0 Å². The standard InChI is InChI=1S/C17H15F5N2O3S/c1-10(16(25)23-15-7-6-12(18)9-14(15)19)24(28(2,26)27)13-5-3-4-11(8-13)17(20,21)22/h3-10H,1-2H3,(H,23,25). The number of halogens is 5. The summed E-state index contributed by atoms with van der Waals surface area (Å²) in [7, 11) is -4.18. The summed E-state index contributed by atoms with van der Waals surface area (Å²) < 4.78 is 90.2. The van der Waals surface area contributed by atoms with Gasteiger partial charge in [-0.2, -0.15) is 13.2 Å². The summed E-state index contributed by atoms with van der Waals surface area (Å²) in [6.45, 7) is 1.12. The van der Waals surface area contributed by atoms with Gasteiger partial charge in [0.2, 0.25) is 15.9 Å². The minimum atomic E-state index is -4.72. The molecule has 0 saturated carbocycles. The molecule has 28 heavy (non-hydrogen) atoms. The van der Waals surface area contributed by atoms with E-state index < -0.39 is 51.0 Å². The second kappa shape index (κ2) is 7.74. The van der Waals surface area contributed by atoms with Gasteiger partial charge < -0.3 is 5.32 Å². The minimum Gasteiger partial charge on any atom is -0.322 e. The molecule has 11 heteroatoms. The van der Waals surface area contributed by atoms with Crippen LogP contribution in [0.2, 0.25) is 0 Å². The number of sulfonamides is 1. The van der Waals surface area contributed by atoms with Gasteiger partial charge in [-0.05, 0) is 37.3 Å². The second-order valence-electron chi connectivity index (χ2n) is 5.90. The molecule has 152 valence electrons. The largest absolute Gasteiger partial charge is 0.416 e. The maximum Gasteiger partial charge on any atom is 0.416 e. The maximum absolute atomic E-state index is 13.7. The molecule has 0 heterocycles. The van der Waals surface area contributed by atoms with Gasteiger partial charge in [0.1, 0.15) is 17.7 Å². The molecule has 1 N–H and O–H groups in total. The lowest BCUT2D eigenvalue weighted by Crippen LogP contribution is -2.45. The first-order chi connectivity index (χ1) is 12.8. The Morgan fingerprint density at radius 2 is 1.75 bits per heavy atom. The van der Waals surface area contributed by atoms with Gasteiger partial charge in [-0.15, -0.1) is 0 Å². The molecule has 0 bridgehead atoms. The van der Waals surface area contributed by atoms with Crippen molar-refractivity contribution >= 4 is 27.3 Å². The lowest BCUT2D eigenvalue weighted by Gasteiger charge is -2.28. The summed E-state index contributed by atoms with van der Waals surface area (Å²) in [6, 6.07) is 4.24. The van der Waals surface area contributed by atoms with E-state index in [-0.39, 0.29) is 5.69 Å². The first-order valence-electron chi connectivity index (χ1n) is 7.73. The van der Waals surface area contributed by atoms with E-state index in [9.17, 15) is 35.2 Å². The molecule has 1 unspecified atom stereocenters. The van der Waals surface area contributed by atoms with Crippen molar-refractivity contribution in [3.05, 3.63) is 59.7 Å². The number of hydrogen-bond acceptors (Lipinski definition) is 3. The zero-order valence-corrected chi connectivity index (χ0v) is 15.4. The van der Waals surface area contributed by atoms with Crippen LogP contribution in [0.3, 0.4) is 0 Å².